The van der Waals surface area contributed by atoms with Gasteiger partial charge < -0.3 is 15.8 Å². The van der Waals surface area contributed by atoms with Crippen LogP contribution in [0.4, 0.5) is 0 Å². The molecular formula is C11H20N2O2S. The number of amides is 1. The number of unbranched alkanes of at least 4 members (excludes halogenated alkanes) is 2. The van der Waals surface area contributed by atoms with Crippen LogP contribution in [0.2, 0.25) is 0 Å². The average molecular weight is 244 g/mol. The summed E-state index contributed by atoms with van der Waals surface area (Å²) in [5.74, 6) is 0.00624. The number of nitrogens with two attached hydrogens (primary N) is 1. The molecular weight excluding hydrogens is 224 g/mol. The summed E-state index contributed by atoms with van der Waals surface area (Å²) < 4.78 is 4.94. The van der Waals surface area contributed by atoms with Crippen molar-refractivity contribution in [1.29, 1.82) is 0 Å². The molecule has 1 amide bonds. The Hall–Kier alpha value is -0.680. The minimum Gasteiger partial charge on any atom is -0.392 e. The lowest BCUT2D eigenvalue weighted by Gasteiger charge is -2.13. The van der Waals surface area contributed by atoms with E-state index in [1.165, 1.54) is 0 Å². The quantitative estimate of drug-likeness (QED) is 0.493. The molecule has 0 aliphatic heterocycles. The molecule has 0 spiro atoms. The minimum atomic E-state index is -0.512. The van der Waals surface area contributed by atoms with Crippen molar-refractivity contribution in [2.24, 2.45) is 11.1 Å². The Morgan fingerprint density at radius 2 is 2.12 bits per heavy atom. The van der Waals surface area contributed by atoms with Gasteiger partial charge >= 0.3 is 0 Å². The van der Waals surface area contributed by atoms with Crippen molar-refractivity contribution in [3.63, 3.8) is 0 Å². The molecule has 0 saturated heterocycles. The minimum absolute atomic E-state index is 0.00624. The van der Waals surface area contributed by atoms with E-state index in [1.54, 1.807) is 7.11 Å². The van der Waals surface area contributed by atoms with Gasteiger partial charge in [-0.2, -0.15) is 0 Å². The molecule has 5 heteroatoms. The van der Waals surface area contributed by atoms with Gasteiger partial charge in [0, 0.05) is 20.3 Å². The fourth-order valence-electron chi connectivity index (χ4n) is 1.63. The van der Waals surface area contributed by atoms with Gasteiger partial charge in [0.2, 0.25) is 5.91 Å². The highest BCUT2D eigenvalue weighted by Crippen LogP contribution is 2.46. The molecule has 92 valence electrons. The Morgan fingerprint density at radius 3 is 2.62 bits per heavy atom. The Morgan fingerprint density at radius 1 is 1.44 bits per heavy atom. The van der Waals surface area contributed by atoms with Gasteiger partial charge in [-0.3, -0.25) is 4.79 Å². The standard InChI is InChI=1S/C11H20N2O2S/c1-15-8-4-2-3-7-13-10(14)11(5-6-11)9(12)16/h2-8H2,1H3,(H2,12,16)(H,13,14). The molecule has 4 nitrogen and oxygen atoms in total. The van der Waals surface area contributed by atoms with E-state index >= 15 is 0 Å². The van der Waals surface area contributed by atoms with Crippen LogP contribution < -0.4 is 11.1 Å². The Bertz CT molecular complexity index is 265. The SMILES string of the molecule is COCCCCCNC(=O)C1(C(N)=S)CC1. The molecule has 0 atom stereocenters. The lowest BCUT2D eigenvalue weighted by molar-refractivity contribution is -0.124. The molecule has 1 saturated carbocycles. The average Bonchev–Trinajstić information content (AvgIpc) is 3.03. The molecule has 0 radical (unpaired) electrons. The smallest absolute Gasteiger partial charge is 0.233 e. The summed E-state index contributed by atoms with van der Waals surface area (Å²) in [6.07, 6.45) is 4.68. The van der Waals surface area contributed by atoms with Gasteiger partial charge in [0.05, 0.1) is 10.4 Å². The van der Waals surface area contributed by atoms with Crippen molar-refractivity contribution in [3.05, 3.63) is 0 Å². The second kappa shape index (κ2) is 6.15. The molecule has 0 aromatic carbocycles. The van der Waals surface area contributed by atoms with Crippen LogP contribution in [0.25, 0.3) is 0 Å². The number of methoxy groups -OCH3 is 1. The lowest BCUT2D eigenvalue weighted by atomic mass is 10.1. The Kier molecular flexibility index (Phi) is 5.15. The summed E-state index contributed by atoms with van der Waals surface area (Å²) in [7, 11) is 1.70. The van der Waals surface area contributed by atoms with Crippen molar-refractivity contribution >= 4 is 23.1 Å². The summed E-state index contributed by atoms with van der Waals surface area (Å²) in [6, 6.07) is 0. The number of rotatable bonds is 8. The second-order valence-electron chi connectivity index (χ2n) is 4.26. The number of carbonyl (C=O) groups is 1. The first-order valence-corrected chi connectivity index (χ1v) is 6.11. The van der Waals surface area contributed by atoms with E-state index in [-0.39, 0.29) is 5.91 Å². The molecule has 1 fully saturated rings. The highest BCUT2D eigenvalue weighted by atomic mass is 32.1. The van der Waals surface area contributed by atoms with Gasteiger partial charge in [0.25, 0.3) is 0 Å². The van der Waals surface area contributed by atoms with Crippen molar-refractivity contribution in [2.75, 3.05) is 20.3 Å². The molecule has 1 aliphatic carbocycles. The number of thiocarbonyl (C=S) groups is 1. The van der Waals surface area contributed by atoms with Crippen molar-refractivity contribution in [1.82, 2.24) is 5.32 Å². The van der Waals surface area contributed by atoms with Gasteiger partial charge in [0.15, 0.2) is 0 Å². The summed E-state index contributed by atoms with van der Waals surface area (Å²) in [5, 5.41) is 2.90. The van der Waals surface area contributed by atoms with Crippen molar-refractivity contribution < 1.29 is 9.53 Å². The Labute approximate surface area is 102 Å². The van der Waals surface area contributed by atoms with E-state index in [2.05, 4.69) is 5.32 Å². The highest BCUT2D eigenvalue weighted by Gasteiger charge is 2.52. The number of carbonyl (C=O) groups excluding carboxylic acids is 1. The van der Waals surface area contributed by atoms with E-state index in [1.807, 2.05) is 0 Å². The maximum absolute atomic E-state index is 11.8. The summed E-state index contributed by atoms with van der Waals surface area (Å²) >= 11 is 4.91. The van der Waals surface area contributed by atoms with Gasteiger partial charge in [0.1, 0.15) is 0 Å². The fraction of sp³-hybridized carbons (Fsp3) is 0.818. The largest absolute Gasteiger partial charge is 0.392 e. The van der Waals surface area contributed by atoms with E-state index in [9.17, 15) is 4.79 Å². The van der Waals surface area contributed by atoms with Gasteiger partial charge in [-0.15, -0.1) is 0 Å². The highest BCUT2D eigenvalue weighted by molar-refractivity contribution is 7.80. The van der Waals surface area contributed by atoms with Gasteiger partial charge in [-0.05, 0) is 32.1 Å². The van der Waals surface area contributed by atoms with Crippen LogP contribution in [-0.2, 0) is 9.53 Å². The first kappa shape index (κ1) is 13.4. The molecule has 0 unspecified atom stereocenters. The maximum Gasteiger partial charge on any atom is 0.233 e. The third-order valence-corrected chi connectivity index (χ3v) is 3.36. The van der Waals surface area contributed by atoms with Crippen LogP contribution in [0.5, 0.6) is 0 Å². The molecule has 16 heavy (non-hydrogen) atoms. The van der Waals surface area contributed by atoms with Crippen LogP contribution >= 0.6 is 12.2 Å². The van der Waals surface area contributed by atoms with Crippen molar-refractivity contribution in [2.45, 2.75) is 32.1 Å². The van der Waals surface area contributed by atoms with E-state index in [0.717, 1.165) is 38.7 Å². The Balaban J connectivity index is 2.10. The summed E-state index contributed by atoms with van der Waals surface area (Å²) in [5.41, 5.74) is 5.05. The molecule has 3 N–H and O–H groups in total. The number of hydrogen-bond acceptors (Lipinski definition) is 3. The zero-order chi connectivity index (χ0) is 12.0. The predicted molar refractivity (Wildman–Crippen MR) is 67.2 cm³/mol. The zero-order valence-corrected chi connectivity index (χ0v) is 10.6. The molecule has 0 aromatic rings. The van der Waals surface area contributed by atoms with Crippen LogP contribution in [0, 0.1) is 5.41 Å². The second-order valence-corrected chi connectivity index (χ2v) is 4.70. The lowest BCUT2D eigenvalue weighted by Crippen LogP contribution is -2.39. The van der Waals surface area contributed by atoms with E-state index in [4.69, 9.17) is 22.7 Å². The maximum atomic E-state index is 11.8. The van der Waals surface area contributed by atoms with Crippen LogP contribution in [-0.4, -0.2) is 31.2 Å². The molecule has 1 rings (SSSR count). The summed E-state index contributed by atoms with van der Waals surface area (Å²) in [6.45, 7) is 1.48. The first-order valence-electron chi connectivity index (χ1n) is 5.70. The molecule has 1 aliphatic rings. The van der Waals surface area contributed by atoms with Crippen LogP contribution in [0.3, 0.4) is 0 Å². The molecule has 0 bridgehead atoms. The molecule has 0 heterocycles. The fourth-order valence-corrected chi connectivity index (χ4v) is 1.93. The van der Waals surface area contributed by atoms with E-state index in [0.29, 0.717) is 11.5 Å². The normalized spacial score (nSPS) is 16.8. The van der Waals surface area contributed by atoms with Crippen molar-refractivity contribution in [3.8, 4) is 0 Å². The number of hydrogen-bond donors (Lipinski definition) is 2. The van der Waals surface area contributed by atoms with Gasteiger partial charge in [-0.1, -0.05) is 12.2 Å². The van der Waals surface area contributed by atoms with Gasteiger partial charge in [-0.25, -0.2) is 0 Å². The van der Waals surface area contributed by atoms with Crippen LogP contribution in [0.15, 0.2) is 0 Å². The van der Waals surface area contributed by atoms with Crippen LogP contribution in [0.1, 0.15) is 32.1 Å². The third-order valence-electron chi connectivity index (χ3n) is 2.97. The predicted octanol–water partition coefficient (Wildman–Crippen LogP) is 0.986. The van der Waals surface area contributed by atoms with E-state index < -0.39 is 5.41 Å². The number of nitrogens with one attached hydrogen (secondary N) is 1. The monoisotopic (exact) mass is 244 g/mol. The zero-order valence-electron chi connectivity index (χ0n) is 9.75. The topological polar surface area (TPSA) is 64.3 Å². The summed E-state index contributed by atoms with van der Waals surface area (Å²) in [4.78, 5) is 12.1. The molecule has 0 aromatic heterocycles. The first-order chi connectivity index (χ1) is 7.63. The number of ether oxygens (including phenoxy) is 1. The third kappa shape index (κ3) is 3.42.